The van der Waals surface area contributed by atoms with Gasteiger partial charge in [0.2, 0.25) is 11.8 Å². The summed E-state index contributed by atoms with van der Waals surface area (Å²) in [6.45, 7) is 1.11. The standard InChI is InChI=1S/C17H20FN3O2/c18-15-4-2-1-3-13(15)5-6-16(22)20-14-8-11-21(12-9-14)17(23)7-10-19/h1-4,14H,5-9,11-12H2,(H,20,22). The van der Waals surface area contributed by atoms with E-state index < -0.39 is 0 Å². The fraction of sp³-hybridized carbons (Fsp3) is 0.471. The summed E-state index contributed by atoms with van der Waals surface area (Å²) in [5.74, 6) is -0.545. The number of rotatable bonds is 5. The number of likely N-dealkylation sites (tertiary alicyclic amines) is 1. The van der Waals surface area contributed by atoms with Crippen LogP contribution in [0.5, 0.6) is 0 Å². The molecule has 1 aromatic rings. The molecule has 122 valence electrons. The van der Waals surface area contributed by atoms with Gasteiger partial charge in [-0.15, -0.1) is 0 Å². The molecule has 0 spiro atoms. The molecule has 1 aliphatic heterocycles. The number of aryl methyl sites for hydroxylation is 1. The Kier molecular flexibility index (Phi) is 6.10. The lowest BCUT2D eigenvalue weighted by atomic mass is 10.0. The van der Waals surface area contributed by atoms with Crippen molar-refractivity contribution >= 4 is 11.8 Å². The zero-order chi connectivity index (χ0) is 16.7. The van der Waals surface area contributed by atoms with Crippen molar-refractivity contribution in [2.75, 3.05) is 13.1 Å². The highest BCUT2D eigenvalue weighted by Gasteiger charge is 2.23. The molecular weight excluding hydrogens is 297 g/mol. The van der Waals surface area contributed by atoms with Crippen LogP contribution in [0, 0.1) is 17.1 Å². The van der Waals surface area contributed by atoms with Crippen LogP contribution in [-0.4, -0.2) is 35.8 Å². The van der Waals surface area contributed by atoms with E-state index in [4.69, 9.17) is 5.26 Å². The van der Waals surface area contributed by atoms with E-state index in [2.05, 4.69) is 5.32 Å². The number of carbonyl (C=O) groups is 2. The number of nitriles is 1. The summed E-state index contributed by atoms with van der Waals surface area (Å²) in [7, 11) is 0. The average molecular weight is 317 g/mol. The molecule has 1 N–H and O–H groups in total. The molecule has 1 heterocycles. The van der Waals surface area contributed by atoms with Gasteiger partial charge < -0.3 is 10.2 Å². The second-order valence-corrected chi connectivity index (χ2v) is 5.65. The van der Waals surface area contributed by atoms with Crippen LogP contribution in [-0.2, 0) is 16.0 Å². The van der Waals surface area contributed by atoms with Gasteiger partial charge in [0.05, 0.1) is 6.07 Å². The third-order valence-electron chi connectivity index (χ3n) is 4.02. The molecule has 2 amide bonds. The number of carbonyl (C=O) groups excluding carboxylic acids is 2. The van der Waals surface area contributed by atoms with E-state index in [9.17, 15) is 14.0 Å². The molecule has 1 aliphatic rings. The Labute approximate surface area is 135 Å². The summed E-state index contributed by atoms with van der Waals surface area (Å²) >= 11 is 0. The molecule has 2 rings (SSSR count). The number of benzene rings is 1. The van der Waals surface area contributed by atoms with Gasteiger partial charge in [0.1, 0.15) is 12.2 Å². The van der Waals surface area contributed by atoms with Crippen molar-refractivity contribution in [1.29, 1.82) is 5.26 Å². The largest absolute Gasteiger partial charge is 0.353 e. The molecule has 23 heavy (non-hydrogen) atoms. The maximum Gasteiger partial charge on any atom is 0.236 e. The molecule has 0 bridgehead atoms. The number of nitrogens with zero attached hydrogens (tertiary/aromatic N) is 2. The highest BCUT2D eigenvalue weighted by molar-refractivity contribution is 5.78. The van der Waals surface area contributed by atoms with Crippen LogP contribution in [0.2, 0.25) is 0 Å². The van der Waals surface area contributed by atoms with Crippen molar-refractivity contribution in [2.45, 2.75) is 38.1 Å². The molecule has 1 aromatic carbocycles. The van der Waals surface area contributed by atoms with Gasteiger partial charge in [-0.1, -0.05) is 18.2 Å². The van der Waals surface area contributed by atoms with E-state index in [1.165, 1.54) is 6.07 Å². The van der Waals surface area contributed by atoms with Crippen LogP contribution >= 0.6 is 0 Å². The van der Waals surface area contributed by atoms with Crippen LogP contribution < -0.4 is 5.32 Å². The Balaban J connectivity index is 1.72. The number of hydrogen-bond acceptors (Lipinski definition) is 3. The summed E-state index contributed by atoms with van der Waals surface area (Å²) in [6.07, 6.45) is 1.89. The van der Waals surface area contributed by atoms with Crippen molar-refractivity contribution < 1.29 is 14.0 Å². The lowest BCUT2D eigenvalue weighted by molar-refractivity contribution is -0.131. The molecule has 0 unspecified atom stereocenters. The van der Waals surface area contributed by atoms with Gasteiger partial charge in [-0.25, -0.2) is 4.39 Å². The van der Waals surface area contributed by atoms with Gasteiger partial charge in [0.25, 0.3) is 0 Å². The Bertz CT molecular complexity index is 604. The van der Waals surface area contributed by atoms with Gasteiger partial charge in [0, 0.05) is 25.6 Å². The van der Waals surface area contributed by atoms with Crippen LogP contribution in [0.4, 0.5) is 4.39 Å². The lowest BCUT2D eigenvalue weighted by Gasteiger charge is -2.32. The first-order valence-corrected chi connectivity index (χ1v) is 7.77. The van der Waals surface area contributed by atoms with E-state index in [1.807, 2.05) is 6.07 Å². The quantitative estimate of drug-likeness (QED) is 0.899. The molecule has 0 atom stereocenters. The van der Waals surface area contributed by atoms with Crippen LogP contribution in [0.3, 0.4) is 0 Å². The monoisotopic (exact) mass is 317 g/mol. The summed E-state index contributed by atoms with van der Waals surface area (Å²) in [6, 6.07) is 8.34. The highest BCUT2D eigenvalue weighted by atomic mass is 19.1. The summed E-state index contributed by atoms with van der Waals surface area (Å²) < 4.78 is 13.5. The number of nitrogens with one attached hydrogen (secondary N) is 1. The fourth-order valence-electron chi connectivity index (χ4n) is 2.70. The summed E-state index contributed by atoms with van der Waals surface area (Å²) in [5.41, 5.74) is 0.541. The normalized spacial score (nSPS) is 15.0. The Morgan fingerprint density at radius 1 is 1.30 bits per heavy atom. The van der Waals surface area contributed by atoms with Gasteiger partial charge in [-0.3, -0.25) is 9.59 Å². The summed E-state index contributed by atoms with van der Waals surface area (Å²) in [4.78, 5) is 25.2. The molecule has 6 heteroatoms. The van der Waals surface area contributed by atoms with E-state index in [-0.39, 0.29) is 36.5 Å². The Morgan fingerprint density at radius 2 is 2.00 bits per heavy atom. The Hall–Kier alpha value is -2.42. The van der Waals surface area contributed by atoms with E-state index >= 15 is 0 Å². The van der Waals surface area contributed by atoms with Gasteiger partial charge >= 0.3 is 0 Å². The number of piperidine rings is 1. The maximum absolute atomic E-state index is 13.5. The zero-order valence-corrected chi connectivity index (χ0v) is 12.9. The van der Waals surface area contributed by atoms with Crippen molar-refractivity contribution in [1.82, 2.24) is 10.2 Å². The second kappa shape index (κ2) is 8.28. The fourth-order valence-corrected chi connectivity index (χ4v) is 2.70. The van der Waals surface area contributed by atoms with Crippen molar-refractivity contribution in [3.05, 3.63) is 35.6 Å². The van der Waals surface area contributed by atoms with Crippen molar-refractivity contribution in [3.8, 4) is 6.07 Å². The third-order valence-corrected chi connectivity index (χ3v) is 4.02. The first-order chi connectivity index (χ1) is 11.1. The average Bonchev–Trinajstić information content (AvgIpc) is 2.55. The molecule has 1 saturated heterocycles. The molecule has 0 aromatic heterocycles. The topological polar surface area (TPSA) is 73.2 Å². The molecule has 5 nitrogen and oxygen atoms in total. The van der Waals surface area contributed by atoms with Crippen LogP contribution in [0.25, 0.3) is 0 Å². The molecule has 0 aliphatic carbocycles. The molecule has 0 radical (unpaired) electrons. The SMILES string of the molecule is N#CCC(=O)N1CCC(NC(=O)CCc2ccccc2F)CC1. The lowest BCUT2D eigenvalue weighted by Crippen LogP contribution is -2.46. The first-order valence-electron chi connectivity index (χ1n) is 7.77. The van der Waals surface area contributed by atoms with E-state index in [0.717, 1.165) is 0 Å². The minimum atomic E-state index is -0.287. The van der Waals surface area contributed by atoms with Crippen molar-refractivity contribution in [2.24, 2.45) is 0 Å². The second-order valence-electron chi connectivity index (χ2n) is 5.65. The van der Waals surface area contributed by atoms with E-state index in [1.54, 1.807) is 23.1 Å². The van der Waals surface area contributed by atoms with Gasteiger partial charge in [-0.05, 0) is 30.9 Å². The minimum Gasteiger partial charge on any atom is -0.353 e. The molecular formula is C17H20FN3O2. The van der Waals surface area contributed by atoms with Crippen LogP contribution in [0.1, 0.15) is 31.2 Å². The van der Waals surface area contributed by atoms with Gasteiger partial charge in [-0.2, -0.15) is 5.26 Å². The molecule has 1 fully saturated rings. The summed E-state index contributed by atoms with van der Waals surface area (Å²) in [5, 5.41) is 11.5. The van der Waals surface area contributed by atoms with Crippen LogP contribution in [0.15, 0.2) is 24.3 Å². The Morgan fingerprint density at radius 3 is 2.65 bits per heavy atom. The van der Waals surface area contributed by atoms with E-state index in [0.29, 0.717) is 37.9 Å². The smallest absolute Gasteiger partial charge is 0.236 e. The number of amides is 2. The highest BCUT2D eigenvalue weighted by Crippen LogP contribution is 2.13. The number of halogens is 1. The number of hydrogen-bond donors (Lipinski definition) is 1. The third kappa shape index (κ3) is 5.06. The van der Waals surface area contributed by atoms with Gasteiger partial charge in [0.15, 0.2) is 0 Å². The first kappa shape index (κ1) is 16.9. The minimum absolute atomic E-state index is 0.0363. The van der Waals surface area contributed by atoms with Crippen molar-refractivity contribution in [3.63, 3.8) is 0 Å². The predicted molar refractivity (Wildman–Crippen MR) is 82.7 cm³/mol. The molecule has 0 saturated carbocycles. The zero-order valence-electron chi connectivity index (χ0n) is 12.9. The maximum atomic E-state index is 13.5. The predicted octanol–water partition coefficient (Wildman–Crippen LogP) is 1.78.